The molecule has 1 saturated carbocycles. The van der Waals surface area contributed by atoms with Crippen molar-refractivity contribution in [1.82, 2.24) is 19.8 Å². The summed E-state index contributed by atoms with van der Waals surface area (Å²) in [4.78, 5) is 0.269. The van der Waals surface area contributed by atoms with Gasteiger partial charge in [-0.05, 0) is 38.3 Å². The molecule has 0 saturated heterocycles. The highest BCUT2D eigenvalue weighted by atomic mass is 32.2. The van der Waals surface area contributed by atoms with E-state index in [0.717, 1.165) is 45.3 Å². The molecule has 1 aromatic rings. The minimum Gasteiger partial charge on any atom is -0.317 e. The molecule has 1 fully saturated rings. The van der Waals surface area contributed by atoms with Crippen molar-refractivity contribution in [2.75, 3.05) is 13.1 Å². The number of rotatable bonds is 10. The third kappa shape index (κ3) is 4.79. The summed E-state index contributed by atoms with van der Waals surface area (Å²) in [6.45, 7) is 6.89. The summed E-state index contributed by atoms with van der Waals surface area (Å²) in [6.07, 6.45) is 7.09. The monoisotopic (exact) mass is 314 g/mol. The van der Waals surface area contributed by atoms with Gasteiger partial charge in [-0.25, -0.2) is 13.1 Å². The molecule has 2 atom stereocenters. The Morgan fingerprint density at radius 2 is 2.19 bits per heavy atom. The first-order valence-electron chi connectivity index (χ1n) is 7.82. The predicted octanol–water partition coefficient (Wildman–Crippen LogP) is 1.35. The molecule has 1 aliphatic rings. The highest BCUT2D eigenvalue weighted by Gasteiger charge is 2.38. The van der Waals surface area contributed by atoms with Crippen LogP contribution in [0.1, 0.15) is 39.5 Å². The zero-order chi connectivity index (χ0) is 15.3. The highest BCUT2D eigenvalue weighted by Crippen LogP contribution is 2.34. The molecule has 0 aromatic carbocycles. The van der Waals surface area contributed by atoms with E-state index < -0.39 is 10.0 Å². The standard InChI is InChI=1S/C14H26N4O2S/c1-3-6-15-7-5-8-18-11-13(10-16-18)21(19,20)17-14-9-12(14)4-2/h10-12,14-15,17H,3-9H2,1-2H3. The van der Waals surface area contributed by atoms with Gasteiger partial charge in [0.15, 0.2) is 0 Å². The Bertz CT molecular complexity index is 541. The fourth-order valence-corrected chi connectivity index (χ4v) is 3.65. The van der Waals surface area contributed by atoms with Crippen molar-refractivity contribution in [3.63, 3.8) is 0 Å². The molecular weight excluding hydrogens is 288 g/mol. The molecule has 2 unspecified atom stereocenters. The van der Waals surface area contributed by atoms with Gasteiger partial charge >= 0.3 is 0 Å². The molecule has 6 nitrogen and oxygen atoms in total. The van der Waals surface area contributed by atoms with E-state index in [1.807, 2.05) is 0 Å². The van der Waals surface area contributed by atoms with E-state index in [4.69, 9.17) is 0 Å². The van der Waals surface area contributed by atoms with Gasteiger partial charge in [0, 0.05) is 18.8 Å². The summed E-state index contributed by atoms with van der Waals surface area (Å²) in [5.74, 6) is 0.499. The van der Waals surface area contributed by atoms with E-state index in [1.165, 1.54) is 6.20 Å². The SMILES string of the molecule is CCCNCCCn1cc(S(=O)(=O)NC2CC2CC)cn1. The molecular formula is C14H26N4O2S. The molecule has 0 spiro atoms. The number of hydrogen-bond donors (Lipinski definition) is 2. The lowest BCUT2D eigenvalue weighted by atomic mass is 10.3. The number of sulfonamides is 1. The predicted molar refractivity (Wildman–Crippen MR) is 82.5 cm³/mol. The average Bonchev–Trinajstić information content (AvgIpc) is 2.99. The Labute approximate surface area is 127 Å². The Kier molecular flexibility index (Phi) is 5.78. The van der Waals surface area contributed by atoms with E-state index in [9.17, 15) is 8.42 Å². The number of nitrogens with one attached hydrogen (secondary N) is 2. The molecule has 21 heavy (non-hydrogen) atoms. The molecule has 2 rings (SSSR count). The third-order valence-electron chi connectivity index (χ3n) is 3.84. The van der Waals surface area contributed by atoms with Crippen LogP contribution < -0.4 is 10.0 Å². The quantitative estimate of drug-likeness (QED) is 0.639. The van der Waals surface area contributed by atoms with E-state index >= 15 is 0 Å². The zero-order valence-corrected chi connectivity index (χ0v) is 13.7. The Morgan fingerprint density at radius 1 is 1.38 bits per heavy atom. The molecule has 1 heterocycles. The minimum absolute atomic E-state index is 0.113. The second-order valence-corrected chi connectivity index (χ2v) is 7.39. The summed E-state index contributed by atoms with van der Waals surface area (Å²) in [5.41, 5.74) is 0. The highest BCUT2D eigenvalue weighted by molar-refractivity contribution is 7.89. The molecule has 7 heteroatoms. The van der Waals surface area contributed by atoms with Crippen LogP contribution in [0.4, 0.5) is 0 Å². The Balaban J connectivity index is 1.81. The molecule has 1 aliphatic carbocycles. The lowest BCUT2D eigenvalue weighted by molar-refractivity contribution is 0.541. The maximum atomic E-state index is 12.2. The summed E-state index contributed by atoms with van der Waals surface area (Å²) in [6, 6.07) is 0.113. The van der Waals surface area contributed by atoms with Crippen molar-refractivity contribution in [3.8, 4) is 0 Å². The minimum atomic E-state index is -3.41. The second kappa shape index (κ2) is 7.38. The van der Waals surface area contributed by atoms with Crippen LogP contribution in [0, 0.1) is 5.92 Å². The summed E-state index contributed by atoms with van der Waals surface area (Å²) < 4.78 is 28.8. The van der Waals surface area contributed by atoms with Gasteiger partial charge in [0.1, 0.15) is 4.90 Å². The Morgan fingerprint density at radius 3 is 2.86 bits per heavy atom. The lowest BCUT2D eigenvalue weighted by Crippen LogP contribution is -2.26. The first kappa shape index (κ1) is 16.5. The van der Waals surface area contributed by atoms with Crippen LogP contribution in [0.5, 0.6) is 0 Å². The smallest absolute Gasteiger partial charge is 0.243 e. The van der Waals surface area contributed by atoms with Gasteiger partial charge < -0.3 is 5.32 Å². The maximum absolute atomic E-state index is 12.2. The van der Waals surface area contributed by atoms with Crippen LogP contribution >= 0.6 is 0 Å². The van der Waals surface area contributed by atoms with Crippen LogP contribution in [-0.2, 0) is 16.6 Å². The van der Waals surface area contributed by atoms with Gasteiger partial charge in [-0.1, -0.05) is 20.3 Å². The van der Waals surface area contributed by atoms with E-state index in [2.05, 4.69) is 29.0 Å². The number of nitrogens with zero attached hydrogens (tertiary/aromatic N) is 2. The summed E-state index contributed by atoms with van der Waals surface area (Å²) in [7, 11) is -3.41. The van der Waals surface area contributed by atoms with Crippen molar-refractivity contribution in [2.24, 2.45) is 5.92 Å². The fourth-order valence-electron chi connectivity index (χ4n) is 2.38. The topological polar surface area (TPSA) is 76.0 Å². The summed E-state index contributed by atoms with van der Waals surface area (Å²) in [5, 5.41) is 7.45. The molecule has 1 aromatic heterocycles. The lowest BCUT2D eigenvalue weighted by Gasteiger charge is -2.04. The van der Waals surface area contributed by atoms with Crippen molar-refractivity contribution < 1.29 is 8.42 Å². The number of hydrogen-bond acceptors (Lipinski definition) is 4. The molecule has 120 valence electrons. The third-order valence-corrected chi connectivity index (χ3v) is 5.29. The average molecular weight is 314 g/mol. The van der Waals surface area contributed by atoms with Crippen molar-refractivity contribution in [3.05, 3.63) is 12.4 Å². The molecule has 0 bridgehead atoms. The van der Waals surface area contributed by atoms with Gasteiger partial charge in [-0.2, -0.15) is 5.10 Å². The first-order valence-corrected chi connectivity index (χ1v) is 9.30. The van der Waals surface area contributed by atoms with Gasteiger partial charge in [-0.3, -0.25) is 4.68 Å². The van der Waals surface area contributed by atoms with E-state index in [-0.39, 0.29) is 10.9 Å². The normalized spacial score (nSPS) is 21.6. The van der Waals surface area contributed by atoms with Gasteiger partial charge in [0.2, 0.25) is 10.0 Å². The zero-order valence-electron chi connectivity index (χ0n) is 12.9. The number of aryl methyl sites for hydroxylation is 1. The van der Waals surface area contributed by atoms with Crippen LogP contribution in [0.15, 0.2) is 17.3 Å². The summed E-state index contributed by atoms with van der Waals surface area (Å²) >= 11 is 0. The molecule has 0 radical (unpaired) electrons. The van der Waals surface area contributed by atoms with Crippen molar-refractivity contribution in [2.45, 2.75) is 57.0 Å². The molecule has 0 aliphatic heterocycles. The molecule has 2 N–H and O–H groups in total. The second-order valence-electron chi connectivity index (χ2n) is 5.67. The van der Waals surface area contributed by atoms with Crippen LogP contribution in [0.3, 0.4) is 0 Å². The molecule has 0 amide bonds. The fraction of sp³-hybridized carbons (Fsp3) is 0.786. The van der Waals surface area contributed by atoms with Crippen LogP contribution in [-0.4, -0.2) is 37.3 Å². The first-order chi connectivity index (χ1) is 10.1. The van der Waals surface area contributed by atoms with Crippen molar-refractivity contribution in [1.29, 1.82) is 0 Å². The van der Waals surface area contributed by atoms with Gasteiger partial charge in [0.25, 0.3) is 0 Å². The van der Waals surface area contributed by atoms with E-state index in [1.54, 1.807) is 10.9 Å². The largest absolute Gasteiger partial charge is 0.317 e. The number of aromatic nitrogens is 2. The van der Waals surface area contributed by atoms with Crippen molar-refractivity contribution >= 4 is 10.0 Å². The Hall–Kier alpha value is -0.920. The maximum Gasteiger partial charge on any atom is 0.243 e. The van der Waals surface area contributed by atoms with E-state index in [0.29, 0.717) is 5.92 Å². The van der Waals surface area contributed by atoms with Gasteiger partial charge in [-0.15, -0.1) is 0 Å². The van der Waals surface area contributed by atoms with Gasteiger partial charge in [0.05, 0.1) is 6.20 Å². The van der Waals surface area contributed by atoms with Crippen LogP contribution in [0.25, 0.3) is 0 Å². The van der Waals surface area contributed by atoms with Crippen LogP contribution in [0.2, 0.25) is 0 Å².